The number of rotatable bonds is 4. The summed E-state index contributed by atoms with van der Waals surface area (Å²) in [6, 6.07) is 9.89. The fourth-order valence-corrected chi connectivity index (χ4v) is 6.27. The third-order valence-electron chi connectivity index (χ3n) is 5.07. The molecule has 0 spiro atoms. The van der Waals surface area contributed by atoms with Crippen molar-refractivity contribution < 1.29 is 12.6 Å². The summed E-state index contributed by atoms with van der Waals surface area (Å²) in [5, 5.41) is 0.912. The zero-order valence-corrected chi connectivity index (χ0v) is 16.6. The first-order chi connectivity index (χ1) is 12.5. The van der Waals surface area contributed by atoms with Gasteiger partial charge in [-0.25, -0.2) is 4.98 Å². The van der Waals surface area contributed by atoms with E-state index in [0.29, 0.717) is 5.76 Å². The quantitative estimate of drug-likeness (QED) is 0.748. The maximum atomic E-state index is 12.4. The van der Waals surface area contributed by atoms with Crippen LogP contribution in [0.3, 0.4) is 0 Å². The Morgan fingerprint density at radius 1 is 1.19 bits per heavy atom. The fraction of sp³-hybridized carbons (Fsp3) is 0.421. The molecule has 0 bridgehead atoms. The van der Waals surface area contributed by atoms with Crippen LogP contribution in [0.4, 0.5) is 0 Å². The van der Waals surface area contributed by atoms with Crippen LogP contribution in [0.5, 0.6) is 0 Å². The zero-order chi connectivity index (χ0) is 18.3. The van der Waals surface area contributed by atoms with Crippen LogP contribution in [0.15, 0.2) is 35.9 Å². The number of nitrogens with zero attached hydrogens (tertiary/aromatic N) is 2. The van der Waals surface area contributed by atoms with Crippen molar-refractivity contribution in [3.63, 3.8) is 0 Å². The van der Waals surface area contributed by atoms with Crippen molar-refractivity contribution in [3.8, 4) is 10.6 Å². The molecule has 1 atom stereocenters. The number of aromatic nitrogens is 1. The summed E-state index contributed by atoms with van der Waals surface area (Å²) in [5.74, 6) is 0.571. The molecule has 2 aromatic rings. The molecule has 1 unspecified atom stereocenters. The van der Waals surface area contributed by atoms with Crippen LogP contribution in [-0.2, 0) is 20.7 Å². The minimum absolute atomic E-state index is 0.0349. The van der Waals surface area contributed by atoms with Crippen LogP contribution in [0.1, 0.15) is 30.8 Å². The summed E-state index contributed by atoms with van der Waals surface area (Å²) in [6.45, 7) is 5.77. The highest BCUT2D eigenvalue weighted by atomic mass is 32.2. The van der Waals surface area contributed by atoms with Gasteiger partial charge < -0.3 is 4.18 Å². The van der Waals surface area contributed by atoms with E-state index < -0.39 is 10.1 Å². The number of fused-ring (bicyclic) bond motifs is 2. The van der Waals surface area contributed by atoms with Gasteiger partial charge in [0, 0.05) is 5.56 Å². The molecule has 138 valence electrons. The van der Waals surface area contributed by atoms with Crippen LogP contribution in [0.2, 0.25) is 0 Å². The van der Waals surface area contributed by atoms with E-state index in [-0.39, 0.29) is 11.8 Å². The molecule has 0 saturated carbocycles. The zero-order valence-electron chi connectivity index (χ0n) is 14.9. The Morgan fingerprint density at radius 2 is 1.92 bits per heavy atom. The maximum Gasteiger partial charge on any atom is 0.311 e. The fourth-order valence-electron chi connectivity index (χ4n) is 3.77. The smallest absolute Gasteiger partial charge is 0.311 e. The molecule has 1 aromatic heterocycles. The molecular weight excluding hydrogens is 368 g/mol. The van der Waals surface area contributed by atoms with Gasteiger partial charge in [0.1, 0.15) is 10.8 Å². The van der Waals surface area contributed by atoms with Gasteiger partial charge in [-0.3, -0.25) is 4.90 Å². The monoisotopic (exact) mass is 390 g/mol. The molecule has 1 aliphatic carbocycles. The van der Waals surface area contributed by atoms with Crippen molar-refractivity contribution in [3.05, 3.63) is 46.5 Å². The van der Waals surface area contributed by atoms with Crippen LogP contribution in [0.25, 0.3) is 16.3 Å². The van der Waals surface area contributed by atoms with E-state index in [9.17, 15) is 8.42 Å². The Morgan fingerprint density at radius 3 is 2.62 bits per heavy atom. The van der Waals surface area contributed by atoms with Gasteiger partial charge >= 0.3 is 10.1 Å². The van der Waals surface area contributed by atoms with E-state index in [0.717, 1.165) is 52.6 Å². The highest BCUT2D eigenvalue weighted by molar-refractivity contribution is 7.87. The Labute approximate surface area is 158 Å². The lowest BCUT2D eigenvalue weighted by molar-refractivity contribution is 0.244. The number of likely N-dealkylation sites (N-methyl/N-ethyl adjacent to an activating group) is 1. The summed E-state index contributed by atoms with van der Waals surface area (Å²) in [4.78, 5) is 7.85. The molecule has 0 fully saturated rings. The average molecular weight is 391 g/mol. The molecule has 7 heteroatoms. The van der Waals surface area contributed by atoms with E-state index in [4.69, 9.17) is 9.17 Å². The molecule has 0 N–H and O–H groups in total. The largest absolute Gasteiger partial charge is 0.381 e. The summed E-state index contributed by atoms with van der Waals surface area (Å²) in [7, 11) is -3.59. The Balaban J connectivity index is 1.81. The Hall–Kier alpha value is -1.70. The van der Waals surface area contributed by atoms with Crippen LogP contribution >= 0.6 is 11.3 Å². The summed E-state index contributed by atoms with van der Waals surface area (Å²) < 4.78 is 30.4. The van der Waals surface area contributed by atoms with Crippen LogP contribution < -0.4 is 0 Å². The van der Waals surface area contributed by atoms with Gasteiger partial charge in [0.15, 0.2) is 5.76 Å². The van der Waals surface area contributed by atoms with E-state index >= 15 is 0 Å². The number of hydrogen-bond donors (Lipinski definition) is 0. The minimum atomic E-state index is -3.59. The van der Waals surface area contributed by atoms with Crippen molar-refractivity contribution in [1.29, 1.82) is 0 Å². The highest BCUT2D eigenvalue weighted by Crippen LogP contribution is 2.43. The molecule has 2 heterocycles. The molecule has 0 amide bonds. The Bertz CT molecular complexity index is 944. The van der Waals surface area contributed by atoms with Crippen LogP contribution in [0, 0.1) is 0 Å². The maximum absolute atomic E-state index is 12.4. The van der Waals surface area contributed by atoms with Crippen molar-refractivity contribution >= 4 is 27.2 Å². The number of benzene rings is 1. The SMILES string of the molecule is CCN(CC)C1CS(=O)(=O)OC2=C1CCc1nc(-c3ccccc3)sc12. The van der Waals surface area contributed by atoms with E-state index in [1.165, 1.54) is 11.3 Å². The molecule has 26 heavy (non-hydrogen) atoms. The normalized spacial score (nSPS) is 21.3. The minimum Gasteiger partial charge on any atom is -0.381 e. The van der Waals surface area contributed by atoms with Gasteiger partial charge in [-0.05, 0) is 31.5 Å². The van der Waals surface area contributed by atoms with Crippen LogP contribution in [-0.4, -0.2) is 43.2 Å². The average Bonchev–Trinajstić information content (AvgIpc) is 3.07. The summed E-state index contributed by atoms with van der Waals surface area (Å²) in [5.41, 5.74) is 3.11. The third kappa shape index (κ3) is 3.08. The molecule has 2 aliphatic rings. The lowest BCUT2D eigenvalue weighted by atomic mass is 9.93. The lowest BCUT2D eigenvalue weighted by Crippen LogP contribution is -2.45. The molecule has 1 aliphatic heterocycles. The summed E-state index contributed by atoms with van der Waals surface area (Å²) in [6.07, 6.45) is 1.63. The second kappa shape index (κ2) is 6.79. The van der Waals surface area contributed by atoms with Crippen molar-refractivity contribution in [1.82, 2.24) is 9.88 Å². The molecule has 0 radical (unpaired) electrons. The van der Waals surface area contributed by atoms with Gasteiger partial charge in [-0.1, -0.05) is 44.2 Å². The van der Waals surface area contributed by atoms with E-state index in [1.54, 1.807) is 0 Å². The molecule has 0 saturated heterocycles. The predicted octanol–water partition coefficient (Wildman–Crippen LogP) is 3.54. The topological polar surface area (TPSA) is 59.5 Å². The van der Waals surface area contributed by atoms with Gasteiger partial charge in [-0.2, -0.15) is 8.42 Å². The second-order valence-corrected chi connectivity index (χ2v) is 9.17. The van der Waals surface area contributed by atoms with Gasteiger partial charge in [0.25, 0.3) is 0 Å². The van der Waals surface area contributed by atoms with Gasteiger partial charge in [-0.15, -0.1) is 11.3 Å². The molecule has 4 rings (SSSR count). The number of hydrogen-bond acceptors (Lipinski definition) is 6. The number of aryl methyl sites for hydroxylation is 1. The van der Waals surface area contributed by atoms with Gasteiger partial charge in [0.05, 0.1) is 16.6 Å². The van der Waals surface area contributed by atoms with E-state index in [1.807, 2.05) is 30.3 Å². The second-order valence-electron chi connectivity index (χ2n) is 6.56. The molecular formula is C19H22N2O3S2. The lowest BCUT2D eigenvalue weighted by Gasteiger charge is -2.36. The molecule has 1 aromatic carbocycles. The number of thiazole rings is 1. The first-order valence-electron chi connectivity index (χ1n) is 8.97. The highest BCUT2D eigenvalue weighted by Gasteiger charge is 2.40. The Kier molecular flexibility index (Phi) is 4.62. The standard InChI is InChI=1S/C19H22N2O3S2/c1-3-21(4-2)16-12-26(22,23)24-17-14(16)10-11-15-18(17)25-19(20-15)13-8-6-5-7-9-13/h5-9,16H,3-4,10-12H2,1-2H3. The van der Waals surface area contributed by atoms with Gasteiger partial charge in [0.2, 0.25) is 0 Å². The van der Waals surface area contributed by atoms with E-state index in [2.05, 4.69) is 18.7 Å². The molecule has 5 nitrogen and oxygen atoms in total. The predicted molar refractivity (Wildman–Crippen MR) is 104 cm³/mol. The van der Waals surface area contributed by atoms with Crippen molar-refractivity contribution in [2.75, 3.05) is 18.8 Å². The van der Waals surface area contributed by atoms with Crippen molar-refractivity contribution in [2.24, 2.45) is 0 Å². The first kappa shape index (κ1) is 17.7. The first-order valence-corrected chi connectivity index (χ1v) is 11.4. The third-order valence-corrected chi connectivity index (χ3v) is 7.36. The van der Waals surface area contributed by atoms with Crippen molar-refractivity contribution in [2.45, 2.75) is 32.7 Å². The summed E-state index contributed by atoms with van der Waals surface area (Å²) >= 11 is 1.53.